The Morgan fingerprint density at radius 2 is 1.91 bits per heavy atom. The summed E-state index contributed by atoms with van der Waals surface area (Å²) < 4.78 is 29.7. The SMILES string of the molecule is Bc1cc(C(F)(F)C(=O)NCc2ccc3c(c2)CN(C2CCC(=O)NC2=O)C3=O)c(B)cc1Cl. The van der Waals surface area contributed by atoms with Crippen molar-refractivity contribution in [3.63, 3.8) is 0 Å². The molecule has 0 radical (unpaired) electrons. The van der Waals surface area contributed by atoms with Crippen molar-refractivity contribution in [2.24, 2.45) is 0 Å². The number of fused-ring (bicyclic) bond motifs is 1. The van der Waals surface area contributed by atoms with Gasteiger partial charge in [-0.15, -0.1) is 0 Å². The fraction of sp³-hybridized carbons (Fsp3) is 0.273. The highest BCUT2D eigenvalue weighted by molar-refractivity contribution is 6.47. The maximum Gasteiger partial charge on any atom is 0.349 e. The molecule has 0 aliphatic carbocycles. The van der Waals surface area contributed by atoms with Gasteiger partial charge in [-0.3, -0.25) is 24.5 Å². The van der Waals surface area contributed by atoms with E-state index in [-0.39, 0.29) is 43.2 Å². The quantitative estimate of drug-likeness (QED) is 0.421. The summed E-state index contributed by atoms with van der Waals surface area (Å²) in [5.74, 6) is -6.42. The molecule has 2 aliphatic heterocycles. The number of carbonyl (C=O) groups is 4. The van der Waals surface area contributed by atoms with Crippen molar-refractivity contribution in [3.05, 3.63) is 57.6 Å². The highest BCUT2D eigenvalue weighted by Gasteiger charge is 2.42. The Hall–Kier alpha value is -3.20. The average molecular weight is 485 g/mol. The minimum atomic E-state index is -3.76. The van der Waals surface area contributed by atoms with E-state index in [2.05, 4.69) is 10.6 Å². The predicted octanol–water partition coefficient (Wildman–Crippen LogP) is -0.974. The van der Waals surface area contributed by atoms with Gasteiger partial charge in [0.2, 0.25) is 11.8 Å². The molecule has 7 nitrogen and oxygen atoms in total. The van der Waals surface area contributed by atoms with E-state index < -0.39 is 29.3 Å². The molecule has 174 valence electrons. The summed E-state index contributed by atoms with van der Waals surface area (Å²) in [6, 6.07) is 6.64. The van der Waals surface area contributed by atoms with Gasteiger partial charge in [-0.1, -0.05) is 40.7 Å². The normalized spacial score (nSPS) is 18.0. The molecular weight excluding hydrogens is 465 g/mol. The molecular formula is C22H20B2ClF2N3O4. The summed E-state index contributed by atoms with van der Waals surface area (Å²) in [7, 11) is 3.05. The Morgan fingerprint density at radius 1 is 1.18 bits per heavy atom. The van der Waals surface area contributed by atoms with Gasteiger partial charge in [-0.05, 0) is 29.7 Å². The minimum Gasteiger partial charge on any atom is -0.346 e. The van der Waals surface area contributed by atoms with Crippen molar-refractivity contribution >= 4 is 61.8 Å². The van der Waals surface area contributed by atoms with Crippen molar-refractivity contribution < 1.29 is 28.0 Å². The second kappa shape index (κ2) is 8.87. The van der Waals surface area contributed by atoms with Crippen LogP contribution in [0.4, 0.5) is 8.78 Å². The summed E-state index contributed by atoms with van der Waals surface area (Å²) >= 11 is 5.98. The highest BCUT2D eigenvalue weighted by atomic mass is 35.5. The zero-order chi connectivity index (χ0) is 24.8. The third kappa shape index (κ3) is 4.32. The Morgan fingerprint density at radius 3 is 2.62 bits per heavy atom. The molecule has 2 aliphatic rings. The number of nitrogens with one attached hydrogen (secondary N) is 2. The molecule has 4 rings (SSSR count). The molecule has 4 amide bonds. The number of benzene rings is 2. The molecule has 12 heteroatoms. The van der Waals surface area contributed by atoms with Gasteiger partial charge >= 0.3 is 5.92 Å². The molecule has 2 aromatic rings. The predicted molar refractivity (Wildman–Crippen MR) is 126 cm³/mol. The number of hydrogen-bond donors (Lipinski definition) is 2. The van der Waals surface area contributed by atoms with E-state index >= 15 is 0 Å². The first-order valence-corrected chi connectivity index (χ1v) is 11.1. The minimum absolute atomic E-state index is 0.147. The van der Waals surface area contributed by atoms with Crippen LogP contribution in [0.2, 0.25) is 5.02 Å². The van der Waals surface area contributed by atoms with Crippen LogP contribution in [0.1, 0.15) is 39.9 Å². The van der Waals surface area contributed by atoms with Crippen molar-refractivity contribution in [2.45, 2.75) is 37.9 Å². The lowest BCUT2D eigenvalue weighted by Crippen LogP contribution is -2.52. The van der Waals surface area contributed by atoms with Crippen LogP contribution in [0, 0.1) is 0 Å². The molecule has 2 aromatic carbocycles. The number of nitrogens with zero attached hydrogens (tertiary/aromatic N) is 1. The third-order valence-electron chi connectivity index (χ3n) is 6.17. The standard InChI is InChI=1S/C22H20B2ClF2N3O4/c23-14-7-16(25)15(24)6-13(14)22(26,27)21(34)28-8-10-1-2-12-11(5-10)9-30(20(12)33)17-3-4-18(31)29-19(17)32/h1-2,5-7,17H,3-4,8-9,23-24H2,(H,28,34)(H,29,31,32). The summed E-state index contributed by atoms with van der Waals surface area (Å²) in [6.45, 7) is -0.0123. The molecule has 1 saturated heterocycles. The smallest absolute Gasteiger partial charge is 0.346 e. The van der Waals surface area contributed by atoms with E-state index in [9.17, 15) is 28.0 Å². The van der Waals surface area contributed by atoms with Crippen LogP contribution in [0.25, 0.3) is 0 Å². The van der Waals surface area contributed by atoms with Gasteiger partial charge in [0.1, 0.15) is 21.7 Å². The van der Waals surface area contributed by atoms with Crippen LogP contribution in [0.3, 0.4) is 0 Å². The van der Waals surface area contributed by atoms with Gasteiger partial charge in [0.25, 0.3) is 11.8 Å². The van der Waals surface area contributed by atoms with Crippen molar-refractivity contribution in [1.82, 2.24) is 15.5 Å². The van der Waals surface area contributed by atoms with Gasteiger partial charge in [0.05, 0.1) is 0 Å². The first-order valence-electron chi connectivity index (χ1n) is 10.7. The Kier molecular flexibility index (Phi) is 6.24. The highest BCUT2D eigenvalue weighted by Crippen LogP contribution is 2.29. The number of amides is 4. The molecule has 0 spiro atoms. The molecule has 0 bridgehead atoms. The lowest BCUT2D eigenvalue weighted by molar-refractivity contribution is -0.147. The van der Waals surface area contributed by atoms with E-state index in [0.717, 1.165) is 0 Å². The summed E-state index contributed by atoms with van der Waals surface area (Å²) in [5, 5.41) is 4.85. The van der Waals surface area contributed by atoms with E-state index in [0.29, 0.717) is 27.2 Å². The van der Waals surface area contributed by atoms with Crippen LogP contribution in [0.5, 0.6) is 0 Å². The zero-order valence-corrected chi connectivity index (χ0v) is 19.3. The van der Waals surface area contributed by atoms with Gasteiger partial charge in [-0.25, -0.2) is 0 Å². The topological polar surface area (TPSA) is 95.6 Å². The Balaban J connectivity index is 1.46. The van der Waals surface area contributed by atoms with Gasteiger partial charge in [-0.2, -0.15) is 8.78 Å². The molecule has 34 heavy (non-hydrogen) atoms. The molecule has 2 N–H and O–H groups in total. The third-order valence-corrected chi connectivity index (χ3v) is 6.58. The number of imide groups is 1. The maximum atomic E-state index is 14.8. The van der Waals surface area contributed by atoms with Crippen LogP contribution in [-0.4, -0.2) is 50.3 Å². The second-order valence-electron chi connectivity index (χ2n) is 8.56. The zero-order valence-electron chi connectivity index (χ0n) is 18.5. The number of rotatable bonds is 5. The van der Waals surface area contributed by atoms with Crippen molar-refractivity contribution in [2.75, 3.05) is 0 Å². The largest absolute Gasteiger partial charge is 0.349 e. The molecule has 0 saturated carbocycles. The molecule has 1 fully saturated rings. The number of alkyl halides is 2. The van der Waals surface area contributed by atoms with E-state index in [4.69, 9.17) is 11.6 Å². The van der Waals surface area contributed by atoms with E-state index in [1.54, 1.807) is 26.0 Å². The number of hydrogen-bond acceptors (Lipinski definition) is 4. The number of carbonyl (C=O) groups excluding carboxylic acids is 4. The molecule has 1 unspecified atom stereocenters. The number of piperidine rings is 1. The molecule has 0 aromatic heterocycles. The summed E-state index contributed by atoms with van der Waals surface area (Å²) in [5.41, 5.74) is 1.80. The summed E-state index contributed by atoms with van der Waals surface area (Å²) in [6.07, 6.45) is 0.390. The molecule has 2 heterocycles. The first kappa shape index (κ1) is 23.9. The molecule has 1 atom stereocenters. The maximum absolute atomic E-state index is 14.8. The van der Waals surface area contributed by atoms with Gasteiger partial charge in [0.15, 0.2) is 0 Å². The van der Waals surface area contributed by atoms with Crippen molar-refractivity contribution in [3.8, 4) is 0 Å². The van der Waals surface area contributed by atoms with Crippen LogP contribution >= 0.6 is 11.6 Å². The fourth-order valence-corrected chi connectivity index (χ4v) is 4.49. The van der Waals surface area contributed by atoms with Crippen LogP contribution in [-0.2, 0) is 33.4 Å². The second-order valence-corrected chi connectivity index (χ2v) is 8.97. The lowest BCUT2D eigenvalue weighted by atomic mass is 9.82. The number of halogens is 3. The Bertz CT molecular complexity index is 1240. The van der Waals surface area contributed by atoms with Crippen LogP contribution < -0.4 is 21.6 Å². The lowest BCUT2D eigenvalue weighted by Gasteiger charge is -2.29. The van der Waals surface area contributed by atoms with Crippen molar-refractivity contribution in [1.29, 1.82) is 0 Å². The van der Waals surface area contributed by atoms with E-state index in [1.807, 2.05) is 0 Å². The van der Waals surface area contributed by atoms with Gasteiger partial charge < -0.3 is 10.2 Å². The monoisotopic (exact) mass is 485 g/mol. The Labute approximate surface area is 201 Å². The first-order chi connectivity index (χ1) is 16.0. The summed E-state index contributed by atoms with van der Waals surface area (Å²) in [4.78, 5) is 50.1. The van der Waals surface area contributed by atoms with Gasteiger partial charge in [0, 0.05) is 35.7 Å². The fourth-order valence-electron chi connectivity index (χ4n) is 4.27. The van der Waals surface area contributed by atoms with Crippen LogP contribution in [0.15, 0.2) is 30.3 Å². The average Bonchev–Trinajstić information content (AvgIpc) is 3.10. The van der Waals surface area contributed by atoms with E-state index in [1.165, 1.54) is 24.9 Å².